The molecule has 1 aliphatic rings. The maximum atomic E-state index is 12.5. The molecule has 0 atom stereocenters. The van der Waals surface area contributed by atoms with Gasteiger partial charge in [0, 0.05) is 5.02 Å². The Hall–Kier alpha value is -2.86. The molecule has 7 heteroatoms. The van der Waals surface area contributed by atoms with Crippen molar-refractivity contribution in [2.75, 3.05) is 4.90 Å². The lowest BCUT2D eigenvalue weighted by Gasteiger charge is -2.26. The number of amides is 4. The zero-order chi connectivity index (χ0) is 16.6. The molecule has 1 aromatic heterocycles. The summed E-state index contributed by atoms with van der Waals surface area (Å²) in [4.78, 5) is 37.4. The number of hydrogen-bond acceptors (Lipinski definition) is 4. The third-order valence-corrected chi connectivity index (χ3v) is 3.49. The highest BCUT2D eigenvalue weighted by atomic mass is 35.5. The number of carbonyl (C=O) groups is 3. The van der Waals surface area contributed by atoms with Gasteiger partial charge in [0.25, 0.3) is 11.8 Å². The minimum Gasteiger partial charge on any atom is -0.462 e. The Morgan fingerprint density at radius 2 is 1.78 bits per heavy atom. The van der Waals surface area contributed by atoms with Gasteiger partial charge in [-0.2, -0.15) is 0 Å². The molecule has 116 valence electrons. The number of imide groups is 2. The van der Waals surface area contributed by atoms with Crippen molar-refractivity contribution in [1.29, 1.82) is 0 Å². The molecule has 1 N–H and O–H groups in total. The van der Waals surface area contributed by atoms with E-state index in [0.29, 0.717) is 22.2 Å². The molecular weight excluding hydrogens is 320 g/mol. The van der Waals surface area contributed by atoms with Gasteiger partial charge < -0.3 is 4.42 Å². The standard InChI is InChI=1S/C16H11ClN2O4/c1-9-2-7-12(23-9)8-13-14(20)18-16(22)19(15(13)21)11-5-3-10(17)4-6-11/h2-8H,1H3,(H,18,20,22). The first kappa shape index (κ1) is 15.1. The quantitative estimate of drug-likeness (QED) is 0.678. The SMILES string of the molecule is Cc1ccc(C=C2C(=O)NC(=O)N(c3ccc(Cl)cc3)C2=O)o1. The second-order valence-corrected chi connectivity index (χ2v) is 5.32. The van der Waals surface area contributed by atoms with E-state index in [2.05, 4.69) is 5.32 Å². The number of nitrogens with zero attached hydrogens (tertiary/aromatic N) is 1. The van der Waals surface area contributed by atoms with Crippen LogP contribution in [0, 0.1) is 6.92 Å². The molecule has 2 aromatic rings. The molecule has 0 radical (unpaired) electrons. The number of aryl methyl sites for hydroxylation is 1. The van der Waals surface area contributed by atoms with E-state index in [1.807, 2.05) is 0 Å². The molecule has 0 aliphatic carbocycles. The van der Waals surface area contributed by atoms with Crippen molar-refractivity contribution in [2.24, 2.45) is 0 Å². The van der Waals surface area contributed by atoms with Crippen LogP contribution in [0.25, 0.3) is 6.08 Å². The van der Waals surface area contributed by atoms with E-state index in [9.17, 15) is 14.4 Å². The molecule has 2 heterocycles. The molecular formula is C16H11ClN2O4. The Balaban J connectivity index is 2.00. The molecule has 1 saturated heterocycles. The van der Waals surface area contributed by atoms with Gasteiger partial charge in [-0.3, -0.25) is 14.9 Å². The summed E-state index contributed by atoms with van der Waals surface area (Å²) in [5.74, 6) is -0.494. The number of nitrogens with one attached hydrogen (secondary N) is 1. The van der Waals surface area contributed by atoms with Gasteiger partial charge in [0.05, 0.1) is 5.69 Å². The molecule has 6 nitrogen and oxygen atoms in total. The Morgan fingerprint density at radius 3 is 2.39 bits per heavy atom. The van der Waals surface area contributed by atoms with Crippen molar-refractivity contribution in [2.45, 2.75) is 6.92 Å². The Bertz CT molecular complexity index is 836. The summed E-state index contributed by atoms with van der Waals surface area (Å²) in [6, 6.07) is 8.66. The van der Waals surface area contributed by atoms with E-state index in [1.165, 1.54) is 18.2 Å². The van der Waals surface area contributed by atoms with Crippen molar-refractivity contribution < 1.29 is 18.8 Å². The zero-order valence-corrected chi connectivity index (χ0v) is 12.8. The fourth-order valence-corrected chi connectivity index (χ4v) is 2.28. The van der Waals surface area contributed by atoms with Gasteiger partial charge in [-0.1, -0.05) is 11.6 Å². The minimum atomic E-state index is -0.810. The molecule has 1 aromatic carbocycles. The summed E-state index contributed by atoms with van der Waals surface area (Å²) in [7, 11) is 0. The van der Waals surface area contributed by atoms with Crippen LogP contribution in [0.4, 0.5) is 10.5 Å². The summed E-state index contributed by atoms with van der Waals surface area (Å²) in [5, 5.41) is 2.60. The topological polar surface area (TPSA) is 79.6 Å². The number of anilines is 1. The number of rotatable bonds is 2. The lowest BCUT2D eigenvalue weighted by Crippen LogP contribution is -2.54. The highest BCUT2D eigenvalue weighted by Gasteiger charge is 2.36. The maximum absolute atomic E-state index is 12.5. The first-order valence-corrected chi connectivity index (χ1v) is 7.07. The van der Waals surface area contributed by atoms with Gasteiger partial charge in [-0.05, 0) is 49.4 Å². The second-order valence-electron chi connectivity index (χ2n) is 4.88. The van der Waals surface area contributed by atoms with Gasteiger partial charge in [0.1, 0.15) is 17.1 Å². The van der Waals surface area contributed by atoms with Crippen molar-refractivity contribution in [3.63, 3.8) is 0 Å². The molecule has 23 heavy (non-hydrogen) atoms. The van der Waals surface area contributed by atoms with Gasteiger partial charge in [0.15, 0.2) is 0 Å². The third kappa shape index (κ3) is 2.89. The van der Waals surface area contributed by atoms with Crippen LogP contribution in [0.1, 0.15) is 11.5 Å². The molecule has 0 unspecified atom stereocenters. The first-order valence-electron chi connectivity index (χ1n) is 6.69. The Labute approximate surface area is 136 Å². The van der Waals surface area contributed by atoms with Gasteiger partial charge >= 0.3 is 6.03 Å². The number of hydrogen-bond donors (Lipinski definition) is 1. The van der Waals surface area contributed by atoms with E-state index in [4.69, 9.17) is 16.0 Å². The molecule has 4 amide bonds. The first-order chi connectivity index (χ1) is 11.0. The van der Waals surface area contributed by atoms with Gasteiger partial charge in [-0.15, -0.1) is 0 Å². The number of furan rings is 1. The summed E-state index contributed by atoms with van der Waals surface area (Å²) in [5.41, 5.74) is 0.125. The largest absolute Gasteiger partial charge is 0.462 e. The number of urea groups is 1. The number of barbiturate groups is 1. The van der Waals surface area contributed by atoms with Crippen LogP contribution < -0.4 is 10.2 Å². The normalized spacial score (nSPS) is 16.9. The predicted octanol–water partition coefficient (Wildman–Crippen LogP) is 2.91. The summed E-state index contributed by atoms with van der Waals surface area (Å²) >= 11 is 5.80. The summed E-state index contributed by atoms with van der Waals surface area (Å²) in [6.07, 6.45) is 1.31. The zero-order valence-electron chi connectivity index (χ0n) is 12.0. The highest BCUT2D eigenvalue weighted by molar-refractivity contribution is 6.39. The number of halogens is 1. The van der Waals surface area contributed by atoms with E-state index in [1.54, 1.807) is 31.2 Å². The average Bonchev–Trinajstić information content (AvgIpc) is 2.91. The van der Waals surface area contributed by atoms with Gasteiger partial charge in [0.2, 0.25) is 0 Å². The monoisotopic (exact) mass is 330 g/mol. The average molecular weight is 331 g/mol. The van der Waals surface area contributed by atoms with E-state index in [0.717, 1.165) is 4.90 Å². The molecule has 1 fully saturated rings. The second kappa shape index (κ2) is 5.73. The summed E-state index contributed by atoms with van der Waals surface area (Å²) < 4.78 is 5.34. The lowest BCUT2D eigenvalue weighted by atomic mass is 10.1. The molecule has 3 rings (SSSR count). The predicted molar refractivity (Wildman–Crippen MR) is 83.9 cm³/mol. The highest BCUT2D eigenvalue weighted by Crippen LogP contribution is 2.23. The van der Waals surface area contributed by atoms with Crippen molar-refractivity contribution in [1.82, 2.24) is 5.32 Å². The van der Waals surface area contributed by atoms with Crippen LogP contribution in [0.3, 0.4) is 0 Å². The van der Waals surface area contributed by atoms with Gasteiger partial charge in [-0.25, -0.2) is 9.69 Å². The smallest absolute Gasteiger partial charge is 0.335 e. The van der Waals surface area contributed by atoms with Crippen LogP contribution in [-0.2, 0) is 9.59 Å². The van der Waals surface area contributed by atoms with Crippen LogP contribution in [0.2, 0.25) is 5.02 Å². The Morgan fingerprint density at radius 1 is 1.09 bits per heavy atom. The lowest BCUT2D eigenvalue weighted by molar-refractivity contribution is -0.122. The van der Waals surface area contributed by atoms with Crippen LogP contribution >= 0.6 is 11.6 Å². The maximum Gasteiger partial charge on any atom is 0.335 e. The van der Waals surface area contributed by atoms with Crippen LogP contribution in [-0.4, -0.2) is 17.8 Å². The Kier molecular flexibility index (Phi) is 3.75. The van der Waals surface area contributed by atoms with Crippen molar-refractivity contribution >= 4 is 41.2 Å². The van der Waals surface area contributed by atoms with Crippen molar-refractivity contribution in [3.8, 4) is 0 Å². The fourth-order valence-electron chi connectivity index (χ4n) is 2.16. The molecule has 0 spiro atoms. The number of benzene rings is 1. The fraction of sp³-hybridized carbons (Fsp3) is 0.0625. The van der Waals surface area contributed by atoms with Crippen LogP contribution in [0.15, 0.2) is 46.4 Å². The third-order valence-electron chi connectivity index (χ3n) is 3.23. The number of carbonyl (C=O) groups excluding carboxylic acids is 3. The minimum absolute atomic E-state index is 0.186. The molecule has 0 saturated carbocycles. The van der Waals surface area contributed by atoms with E-state index < -0.39 is 17.8 Å². The molecule has 0 bridgehead atoms. The molecule has 1 aliphatic heterocycles. The summed E-state index contributed by atoms with van der Waals surface area (Å²) in [6.45, 7) is 1.74. The van der Waals surface area contributed by atoms with Crippen molar-refractivity contribution in [3.05, 3.63) is 58.5 Å². The van der Waals surface area contributed by atoms with E-state index in [-0.39, 0.29) is 5.57 Å². The van der Waals surface area contributed by atoms with Crippen LogP contribution in [0.5, 0.6) is 0 Å². The van der Waals surface area contributed by atoms with E-state index >= 15 is 0 Å².